The summed E-state index contributed by atoms with van der Waals surface area (Å²) >= 11 is 0. The smallest absolute Gasteiger partial charge is 0.227 e. The van der Waals surface area contributed by atoms with E-state index in [1.165, 1.54) is 12.8 Å². The monoisotopic (exact) mass is 183 g/mol. The summed E-state index contributed by atoms with van der Waals surface area (Å²) in [6.07, 6.45) is 2.44. The number of rotatable bonds is 0. The molecule has 0 aromatic heterocycles. The van der Waals surface area contributed by atoms with Crippen LogP contribution in [0.15, 0.2) is 0 Å². The minimum absolute atomic E-state index is 0.211. The lowest BCUT2D eigenvalue weighted by Gasteiger charge is -2.35. The molecular weight excluding hydrogens is 162 g/mol. The van der Waals surface area contributed by atoms with E-state index in [1.807, 2.05) is 25.7 Å². The van der Waals surface area contributed by atoms with Gasteiger partial charge in [0.05, 0.1) is 0 Å². The SMILES string of the molecule is C[C@H]1CCCN(C(=O)C(C)(C)C)C1. The van der Waals surface area contributed by atoms with Crippen LogP contribution >= 0.6 is 0 Å². The van der Waals surface area contributed by atoms with E-state index in [-0.39, 0.29) is 5.41 Å². The van der Waals surface area contributed by atoms with Gasteiger partial charge in [0.25, 0.3) is 0 Å². The zero-order chi connectivity index (χ0) is 10.1. The third kappa shape index (κ3) is 2.71. The average Bonchev–Trinajstić information content (AvgIpc) is 2.01. The van der Waals surface area contributed by atoms with Crippen molar-refractivity contribution in [1.82, 2.24) is 4.90 Å². The lowest BCUT2D eigenvalue weighted by molar-refractivity contribution is -0.141. The summed E-state index contributed by atoms with van der Waals surface area (Å²) in [5.41, 5.74) is -0.211. The normalized spacial score (nSPS) is 24.6. The van der Waals surface area contributed by atoms with E-state index in [0.29, 0.717) is 11.8 Å². The fraction of sp³-hybridized carbons (Fsp3) is 0.909. The van der Waals surface area contributed by atoms with Gasteiger partial charge in [0.15, 0.2) is 0 Å². The Kier molecular flexibility index (Phi) is 2.99. The molecule has 1 aliphatic rings. The Morgan fingerprint density at radius 3 is 2.46 bits per heavy atom. The van der Waals surface area contributed by atoms with Crippen LogP contribution < -0.4 is 0 Å². The number of nitrogens with zero attached hydrogens (tertiary/aromatic N) is 1. The fourth-order valence-corrected chi connectivity index (χ4v) is 1.85. The Labute approximate surface area is 81.3 Å². The molecule has 0 radical (unpaired) electrons. The molecule has 1 heterocycles. The van der Waals surface area contributed by atoms with Crippen molar-refractivity contribution < 1.29 is 4.79 Å². The summed E-state index contributed by atoms with van der Waals surface area (Å²) in [6.45, 7) is 10.1. The van der Waals surface area contributed by atoms with Crippen LogP contribution in [0.4, 0.5) is 0 Å². The fourth-order valence-electron chi connectivity index (χ4n) is 1.85. The molecule has 0 bridgehead atoms. The number of piperidine rings is 1. The maximum atomic E-state index is 11.9. The van der Waals surface area contributed by atoms with Crippen LogP contribution in [-0.2, 0) is 4.79 Å². The van der Waals surface area contributed by atoms with Crippen LogP contribution in [-0.4, -0.2) is 23.9 Å². The molecule has 0 unspecified atom stereocenters. The highest BCUT2D eigenvalue weighted by atomic mass is 16.2. The predicted octanol–water partition coefficient (Wildman–Crippen LogP) is 2.29. The van der Waals surface area contributed by atoms with Crippen molar-refractivity contribution in [2.75, 3.05) is 13.1 Å². The lowest BCUT2D eigenvalue weighted by atomic mass is 9.92. The Hall–Kier alpha value is -0.530. The molecule has 1 rings (SSSR count). The molecule has 0 spiro atoms. The highest BCUT2D eigenvalue weighted by molar-refractivity contribution is 5.81. The second-order valence-corrected chi connectivity index (χ2v) is 5.25. The third-order valence-corrected chi connectivity index (χ3v) is 2.59. The molecule has 1 saturated heterocycles. The summed E-state index contributed by atoms with van der Waals surface area (Å²) in [5, 5.41) is 0. The van der Waals surface area contributed by atoms with Crippen LogP contribution in [0.3, 0.4) is 0 Å². The number of likely N-dealkylation sites (tertiary alicyclic amines) is 1. The van der Waals surface area contributed by atoms with Crippen molar-refractivity contribution in [2.45, 2.75) is 40.5 Å². The standard InChI is InChI=1S/C11H21NO/c1-9-6-5-7-12(8-9)10(13)11(2,3)4/h9H,5-8H2,1-4H3/t9-/m0/s1. The molecule has 76 valence electrons. The van der Waals surface area contributed by atoms with E-state index >= 15 is 0 Å². The van der Waals surface area contributed by atoms with Crippen molar-refractivity contribution >= 4 is 5.91 Å². The average molecular weight is 183 g/mol. The van der Waals surface area contributed by atoms with Gasteiger partial charge >= 0.3 is 0 Å². The molecule has 0 aromatic rings. The number of carbonyl (C=O) groups excluding carboxylic acids is 1. The van der Waals surface area contributed by atoms with E-state index in [1.54, 1.807) is 0 Å². The second kappa shape index (κ2) is 3.69. The molecule has 13 heavy (non-hydrogen) atoms. The van der Waals surface area contributed by atoms with E-state index in [2.05, 4.69) is 6.92 Å². The van der Waals surface area contributed by atoms with Gasteiger partial charge in [-0.25, -0.2) is 0 Å². The van der Waals surface area contributed by atoms with Gasteiger partial charge in [-0.15, -0.1) is 0 Å². The van der Waals surface area contributed by atoms with Crippen molar-refractivity contribution in [3.8, 4) is 0 Å². The first-order valence-electron chi connectivity index (χ1n) is 5.20. The zero-order valence-corrected chi connectivity index (χ0v) is 9.26. The van der Waals surface area contributed by atoms with Crippen molar-refractivity contribution in [1.29, 1.82) is 0 Å². The largest absolute Gasteiger partial charge is 0.342 e. The highest BCUT2D eigenvalue weighted by Crippen LogP contribution is 2.22. The van der Waals surface area contributed by atoms with Crippen LogP contribution in [0.1, 0.15) is 40.5 Å². The minimum Gasteiger partial charge on any atom is -0.342 e. The molecule has 0 aliphatic carbocycles. The molecule has 2 nitrogen and oxygen atoms in total. The number of amides is 1. The van der Waals surface area contributed by atoms with Crippen LogP contribution in [0.5, 0.6) is 0 Å². The maximum Gasteiger partial charge on any atom is 0.227 e. The summed E-state index contributed by atoms with van der Waals surface area (Å²) < 4.78 is 0. The predicted molar refractivity (Wildman–Crippen MR) is 54.4 cm³/mol. The molecule has 1 atom stereocenters. The quantitative estimate of drug-likeness (QED) is 0.564. The van der Waals surface area contributed by atoms with E-state index in [0.717, 1.165) is 13.1 Å². The topological polar surface area (TPSA) is 20.3 Å². The van der Waals surface area contributed by atoms with Gasteiger partial charge in [0.2, 0.25) is 5.91 Å². The molecule has 1 fully saturated rings. The third-order valence-electron chi connectivity index (χ3n) is 2.59. The Balaban J connectivity index is 2.56. The summed E-state index contributed by atoms with van der Waals surface area (Å²) in [4.78, 5) is 13.9. The van der Waals surface area contributed by atoms with Crippen LogP contribution in [0, 0.1) is 11.3 Å². The molecule has 1 aliphatic heterocycles. The van der Waals surface area contributed by atoms with Gasteiger partial charge < -0.3 is 4.90 Å². The van der Waals surface area contributed by atoms with Crippen molar-refractivity contribution in [2.24, 2.45) is 11.3 Å². The van der Waals surface area contributed by atoms with E-state index in [4.69, 9.17) is 0 Å². The Morgan fingerprint density at radius 2 is 2.00 bits per heavy atom. The van der Waals surface area contributed by atoms with Crippen LogP contribution in [0.2, 0.25) is 0 Å². The first-order valence-corrected chi connectivity index (χ1v) is 5.20. The molecular formula is C11H21NO. The molecule has 1 amide bonds. The van der Waals surface area contributed by atoms with Crippen molar-refractivity contribution in [3.63, 3.8) is 0 Å². The number of carbonyl (C=O) groups is 1. The minimum atomic E-state index is -0.211. The van der Waals surface area contributed by atoms with E-state index < -0.39 is 0 Å². The number of hydrogen-bond acceptors (Lipinski definition) is 1. The van der Waals surface area contributed by atoms with Gasteiger partial charge in [0, 0.05) is 18.5 Å². The Bertz CT molecular complexity index is 193. The molecule has 0 saturated carbocycles. The number of hydrogen-bond donors (Lipinski definition) is 0. The molecule has 0 aromatic carbocycles. The first-order chi connectivity index (χ1) is 5.91. The Morgan fingerprint density at radius 1 is 1.38 bits per heavy atom. The van der Waals surface area contributed by atoms with Crippen molar-refractivity contribution in [3.05, 3.63) is 0 Å². The maximum absolute atomic E-state index is 11.9. The summed E-state index contributed by atoms with van der Waals surface area (Å²) in [5.74, 6) is 0.985. The summed E-state index contributed by atoms with van der Waals surface area (Å²) in [7, 11) is 0. The van der Waals surface area contributed by atoms with Gasteiger partial charge in [-0.1, -0.05) is 27.7 Å². The van der Waals surface area contributed by atoms with Crippen LogP contribution in [0.25, 0.3) is 0 Å². The second-order valence-electron chi connectivity index (χ2n) is 5.25. The van der Waals surface area contributed by atoms with Gasteiger partial charge in [-0.05, 0) is 18.8 Å². The zero-order valence-electron chi connectivity index (χ0n) is 9.26. The van der Waals surface area contributed by atoms with Gasteiger partial charge in [-0.3, -0.25) is 4.79 Å². The van der Waals surface area contributed by atoms with Gasteiger partial charge in [-0.2, -0.15) is 0 Å². The first kappa shape index (κ1) is 10.6. The van der Waals surface area contributed by atoms with E-state index in [9.17, 15) is 4.79 Å². The van der Waals surface area contributed by atoms with Gasteiger partial charge in [0.1, 0.15) is 0 Å². The lowest BCUT2D eigenvalue weighted by Crippen LogP contribution is -2.44. The highest BCUT2D eigenvalue weighted by Gasteiger charge is 2.29. The molecule has 2 heteroatoms. The summed E-state index contributed by atoms with van der Waals surface area (Å²) in [6, 6.07) is 0. The molecule has 0 N–H and O–H groups in total.